The Morgan fingerprint density at radius 1 is 1.17 bits per heavy atom. The van der Waals surface area contributed by atoms with Gasteiger partial charge in [-0.3, -0.25) is 9.78 Å². The number of hydrogen-bond donors (Lipinski definition) is 1. The summed E-state index contributed by atoms with van der Waals surface area (Å²) in [5.74, 6) is -0.0843. The van der Waals surface area contributed by atoms with Gasteiger partial charge in [0.15, 0.2) is 0 Å². The second-order valence-corrected chi connectivity index (χ2v) is 4.19. The minimum Gasteiger partial charge on any atom is -0.352 e. The summed E-state index contributed by atoms with van der Waals surface area (Å²) in [4.78, 5) is 15.9. The molecule has 2 aromatic rings. The van der Waals surface area contributed by atoms with Crippen LogP contribution in [0, 0.1) is 6.92 Å². The summed E-state index contributed by atoms with van der Waals surface area (Å²) < 4.78 is 0. The van der Waals surface area contributed by atoms with Crippen molar-refractivity contribution in [1.29, 1.82) is 0 Å². The number of amides is 1. The second-order valence-electron chi connectivity index (χ2n) is 4.19. The zero-order chi connectivity index (χ0) is 13.0. The van der Waals surface area contributed by atoms with E-state index in [0.717, 1.165) is 11.1 Å². The first-order valence-electron chi connectivity index (χ1n) is 6.01. The van der Waals surface area contributed by atoms with Crippen molar-refractivity contribution in [2.24, 2.45) is 0 Å². The SMILES string of the molecule is CCNC(=O)c1cncc(-c2ccc(C)cc2)c1. The number of nitrogens with one attached hydrogen (secondary N) is 1. The molecule has 3 heteroatoms. The molecule has 0 saturated carbocycles. The number of benzene rings is 1. The van der Waals surface area contributed by atoms with Crippen molar-refractivity contribution in [3.63, 3.8) is 0 Å². The summed E-state index contributed by atoms with van der Waals surface area (Å²) in [5.41, 5.74) is 3.83. The van der Waals surface area contributed by atoms with E-state index in [0.29, 0.717) is 12.1 Å². The normalized spacial score (nSPS) is 10.1. The Kier molecular flexibility index (Phi) is 3.72. The maximum absolute atomic E-state index is 11.7. The predicted molar refractivity (Wildman–Crippen MR) is 72.4 cm³/mol. The largest absolute Gasteiger partial charge is 0.352 e. The Morgan fingerprint density at radius 2 is 1.89 bits per heavy atom. The van der Waals surface area contributed by atoms with Gasteiger partial charge in [0.1, 0.15) is 0 Å². The molecular formula is C15H16N2O. The highest BCUT2D eigenvalue weighted by Gasteiger charge is 2.06. The number of aryl methyl sites for hydroxylation is 1. The number of hydrogen-bond acceptors (Lipinski definition) is 2. The summed E-state index contributed by atoms with van der Waals surface area (Å²) >= 11 is 0. The summed E-state index contributed by atoms with van der Waals surface area (Å²) in [7, 11) is 0. The van der Waals surface area contributed by atoms with E-state index < -0.39 is 0 Å². The first-order chi connectivity index (χ1) is 8.70. The van der Waals surface area contributed by atoms with Gasteiger partial charge >= 0.3 is 0 Å². The van der Waals surface area contributed by atoms with Crippen LogP contribution in [0.4, 0.5) is 0 Å². The molecule has 2 rings (SSSR count). The number of carbonyl (C=O) groups excluding carboxylic acids is 1. The van der Waals surface area contributed by atoms with Crippen LogP contribution in [-0.4, -0.2) is 17.4 Å². The molecular weight excluding hydrogens is 224 g/mol. The highest BCUT2D eigenvalue weighted by Crippen LogP contribution is 2.19. The highest BCUT2D eigenvalue weighted by atomic mass is 16.1. The molecule has 0 unspecified atom stereocenters. The van der Waals surface area contributed by atoms with Crippen molar-refractivity contribution < 1.29 is 4.79 Å². The van der Waals surface area contributed by atoms with E-state index >= 15 is 0 Å². The summed E-state index contributed by atoms with van der Waals surface area (Å²) in [6, 6.07) is 10.0. The standard InChI is InChI=1S/C15H16N2O/c1-3-17-15(18)14-8-13(9-16-10-14)12-6-4-11(2)5-7-12/h4-10H,3H2,1-2H3,(H,17,18). The molecule has 1 aromatic heterocycles. The molecule has 0 aliphatic heterocycles. The van der Waals surface area contributed by atoms with Crippen LogP contribution >= 0.6 is 0 Å². The molecule has 0 spiro atoms. The first kappa shape index (κ1) is 12.3. The lowest BCUT2D eigenvalue weighted by molar-refractivity contribution is 0.0955. The molecule has 1 N–H and O–H groups in total. The molecule has 0 aliphatic carbocycles. The maximum Gasteiger partial charge on any atom is 0.252 e. The van der Waals surface area contributed by atoms with Crippen LogP contribution in [0.15, 0.2) is 42.7 Å². The minimum atomic E-state index is -0.0843. The van der Waals surface area contributed by atoms with Crippen LogP contribution in [-0.2, 0) is 0 Å². The molecule has 0 radical (unpaired) electrons. The summed E-state index contributed by atoms with van der Waals surface area (Å²) in [5, 5.41) is 2.77. The Hall–Kier alpha value is -2.16. The smallest absolute Gasteiger partial charge is 0.252 e. The van der Waals surface area contributed by atoms with E-state index in [2.05, 4.69) is 10.3 Å². The van der Waals surface area contributed by atoms with Gasteiger partial charge in [-0.25, -0.2) is 0 Å². The third-order valence-electron chi connectivity index (χ3n) is 2.72. The number of pyridine rings is 1. The summed E-state index contributed by atoms with van der Waals surface area (Å²) in [6.45, 7) is 4.57. The van der Waals surface area contributed by atoms with Gasteiger partial charge in [0, 0.05) is 24.5 Å². The van der Waals surface area contributed by atoms with Gasteiger partial charge in [-0.05, 0) is 25.5 Å². The van der Waals surface area contributed by atoms with E-state index in [1.807, 2.05) is 44.2 Å². The lowest BCUT2D eigenvalue weighted by atomic mass is 10.0. The van der Waals surface area contributed by atoms with Gasteiger partial charge in [-0.2, -0.15) is 0 Å². The number of carbonyl (C=O) groups is 1. The monoisotopic (exact) mass is 240 g/mol. The average Bonchev–Trinajstić information content (AvgIpc) is 2.40. The maximum atomic E-state index is 11.7. The topological polar surface area (TPSA) is 42.0 Å². The van der Waals surface area contributed by atoms with Gasteiger partial charge in [0.05, 0.1) is 5.56 Å². The summed E-state index contributed by atoms with van der Waals surface area (Å²) in [6.07, 6.45) is 3.36. The van der Waals surface area contributed by atoms with Gasteiger partial charge in [0.2, 0.25) is 0 Å². The van der Waals surface area contributed by atoms with E-state index in [1.54, 1.807) is 12.4 Å². The number of rotatable bonds is 3. The van der Waals surface area contributed by atoms with Crippen LogP contribution in [0.1, 0.15) is 22.8 Å². The van der Waals surface area contributed by atoms with Crippen molar-refractivity contribution in [2.45, 2.75) is 13.8 Å². The average molecular weight is 240 g/mol. The van der Waals surface area contributed by atoms with E-state index in [-0.39, 0.29) is 5.91 Å². The quantitative estimate of drug-likeness (QED) is 0.896. The highest BCUT2D eigenvalue weighted by molar-refractivity contribution is 5.95. The van der Waals surface area contributed by atoms with E-state index in [1.165, 1.54) is 5.56 Å². The molecule has 1 heterocycles. The molecule has 92 valence electrons. The third-order valence-corrected chi connectivity index (χ3v) is 2.72. The Morgan fingerprint density at radius 3 is 2.56 bits per heavy atom. The Bertz CT molecular complexity index is 547. The van der Waals surface area contributed by atoms with E-state index in [9.17, 15) is 4.79 Å². The molecule has 1 amide bonds. The molecule has 1 aromatic carbocycles. The second kappa shape index (κ2) is 5.45. The van der Waals surface area contributed by atoms with Gasteiger partial charge in [0.25, 0.3) is 5.91 Å². The fraction of sp³-hybridized carbons (Fsp3) is 0.200. The number of nitrogens with zero attached hydrogens (tertiary/aromatic N) is 1. The lowest BCUT2D eigenvalue weighted by Crippen LogP contribution is -2.22. The minimum absolute atomic E-state index is 0.0843. The van der Waals surface area contributed by atoms with Crippen molar-refractivity contribution in [3.05, 3.63) is 53.9 Å². The third kappa shape index (κ3) is 2.74. The first-order valence-corrected chi connectivity index (χ1v) is 6.01. The molecule has 18 heavy (non-hydrogen) atoms. The van der Waals surface area contributed by atoms with Crippen LogP contribution in [0.25, 0.3) is 11.1 Å². The van der Waals surface area contributed by atoms with Gasteiger partial charge < -0.3 is 5.32 Å². The van der Waals surface area contributed by atoms with E-state index in [4.69, 9.17) is 0 Å². The van der Waals surface area contributed by atoms with Crippen molar-refractivity contribution >= 4 is 5.91 Å². The lowest BCUT2D eigenvalue weighted by Gasteiger charge is -2.05. The van der Waals surface area contributed by atoms with Crippen molar-refractivity contribution in [2.75, 3.05) is 6.54 Å². The Balaban J connectivity index is 2.32. The molecule has 3 nitrogen and oxygen atoms in total. The van der Waals surface area contributed by atoms with Gasteiger partial charge in [-0.1, -0.05) is 29.8 Å². The van der Waals surface area contributed by atoms with Crippen LogP contribution in [0.2, 0.25) is 0 Å². The molecule has 0 aliphatic rings. The molecule has 0 bridgehead atoms. The van der Waals surface area contributed by atoms with Crippen molar-refractivity contribution in [1.82, 2.24) is 10.3 Å². The van der Waals surface area contributed by atoms with Crippen LogP contribution in [0.5, 0.6) is 0 Å². The van der Waals surface area contributed by atoms with Gasteiger partial charge in [-0.15, -0.1) is 0 Å². The molecule has 0 saturated heterocycles. The van der Waals surface area contributed by atoms with Crippen LogP contribution in [0.3, 0.4) is 0 Å². The fourth-order valence-corrected chi connectivity index (χ4v) is 1.73. The van der Waals surface area contributed by atoms with Crippen molar-refractivity contribution in [3.8, 4) is 11.1 Å². The van der Waals surface area contributed by atoms with Crippen LogP contribution < -0.4 is 5.32 Å². The molecule has 0 fully saturated rings. The predicted octanol–water partition coefficient (Wildman–Crippen LogP) is 2.81. The number of aromatic nitrogens is 1. The molecule has 0 atom stereocenters. The fourth-order valence-electron chi connectivity index (χ4n) is 1.73. The Labute approximate surface area is 107 Å². The zero-order valence-electron chi connectivity index (χ0n) is 10.6. The zero-order valence-corrected chi connectivity index (χ0v) is 10.6.